The fraction of sp³-hybridized carbons (Fsp3) is 0. The predicted octanol–water partition coefficient (Wildman–Crippen LogP) is -6.50. The van der Waals surface area contributed by atoms with E-state index in [1.807, 2.05) is 0 Å². The molecule has 25 heavy (non-hydrogen) atoms. The summed E-state index contributed by atoms with van der Waals surface area (Å²) in [5, 5.41) is 0. The minimum absolute atomic E-state index is 0. The first-order valence-electron chi connectivity index (χ1n) is 3.13. The summed E-state index contributed by atoms with van der Waals surface area (Å²) in [6.07, 6.45) is 0. The monoisotopic (exact) mass is 498 g/mol. The normalized spacial score (nSPS) is 9.44. The molecule has 0 saturated carbocycles. The molecule has 0 rings (SSSR count). The first-order valence-corrected chi connectivity index (χ1v) is 9.39. The molecule has 0 atom stereocenters. The van der Waals surface area contributed by atoms with Crippen molar-refractivity contribution in [2.75, 3.05) is 0 Å². The molecule has 0 heterocycles. The van der Waals surface area contributed by atoms with Gasteiger partial charge in [0, 0.05) is 0 Å². The number of hydrogen-bond donors (Lipinski definition) is 12. The Hall–Kier alpha value is 1.85. The molecule has 0 spiro atoms. The summed E-state index contributed by atoms with van der Waals surface area (Å²) >= 11 is 0. The van der Waals surface area contributed by atoms with E-state index in [0.717, 1.165) is 0 Å². The number of hydrogen-bond acceptors (Lipinski definition) is 4. The molecule has 0 amide bonds. The third kappa shape index (κ3) is 4290. The first-order chi connectivity index (χ1) is 8.00. The van der Waals surface area contributed by atoms with E-state index in [-0.39, 0.29) is 68.2 Å². The predicted molar refractivity (Wildman–Crippen MR) is 83.8 cm³/mol. The van der Waals surface area contributed by atoms with Crippen molar-refractivity contribution in [1.82, 2.24) is 0 Å². The standard InChI is InChI=1S/2Mg.4H3O4P.3H2O.4H/c;;4*1-5(2,3)4;;;;;;;/h;;4*(H3,1,2,3,4);3*1H2;;;;/q2*+2;;;;;;;;4*-1. The average Bonchev–Trinajstić information content (AvgIpc) is 1.62. The molecule has 0 aromatic rings. The van der Waals surface area contributed by atoms with Crippen molar-refractivity contribution in [3.63, 3.8) is 0 Å². The zero-order chi connectivity index (χ0) is 18.0. The van der Waals surface area contributed by atoms with Gasteiger partial charge in [-0.15, -0.1) is 0 Å². The maximum absolute atomic E-state index is 8.88. The van der Waals surface area contributed by atoms with Crippen LogP contribution in [0.2, 0.25) is 0 Å². The smallest absolute Gasteiger partial charge is 1.00 e. The molecule has 160 valence electrons. The fourth-order valence-electron chi connectivity index (χ4n) is 0. The van der Waals surface area contributed by atoms with E-state index in [0.29, 0.717) is 0 Å². The van der Waals surface area contributed by atoms with Crippen LogP contribution in [0.5, 0.6) is 0 Å². The molecule has 19 nitrogen and oxygen atoms in total. The van der Waals surface area contributed by atoms with Crippen molar-refractivity contribution in [2.24, 2.45) is 0 Å². The largest absolute Gasteiger partial charge is 2.00 e. The van der Waals surface area contributed by atoms with Gasteiger partial charge in [0.25, 0.3) is 0 Å². The molecule has 0 saturated heterocycles. The second kappa shape index (κ2) is 23.9. The zero-order valence-electron chi connectivity index (χ0n) is 15.7. The Labute approximate surface area is 176 Å². The van der Waals surface area contributed by atoms with Gasteiger partial charge in [-0.05, 0) is 0 Å². The molecule has 0 fully saturated rings. The molecule has 0 unspecified atom stereocenters. The third-order valence-electron chi connectivity index (χ3n) is 0. The minimum Gasteiger partial charge on any atom is -1.00 e. The Bertz CT molecular complexity index is 307. The Balaban J connectivity index is -0.00000000970. The molecular formula is H22Mg2O19P4. The molecule has 0 aromatic carbocycles. The molecule has 0 aliphatic heterocycles. The van der Waals surface area contributed by atoms with Gasteiger partial charge < -0.3 is 80.9 Å². The van der Waals surface area contributed by atoms with Crippen molar-refractivity contribution in [3.05, 3.63) is 0 Å². The van der Waals surface area contributed by atoms with E-state index in [1.165, 1.54) is 0 Å². The summed E-state index contributed by atoms with van der Waals surface area (Å²) in [5.41, 5.74) is 0. The molecule has 0 radical (unpaired) electrons. The van der Waals surface area contributed by atoms with Gasteiger partial charge in [-0.2, -0.15) is 0 Å². The Kier molecular flexibility index (Phi) is 53.8. The van der Waals surface area contributed by atoms with Crippen LogP contribution in [0.4, 0.5) is 0 Å². The summed E-state index contributed by atoms with van der Waals surface area (Å²) < 4.78 is 35.5. The van der Waals surface area contributed by atoms with Gasteiger partial charge in [-0.3, -0.25) is 0 Å². The average molecular weight is 499 g/mol. The summed E-state index contributed by atoms with van der Waals surface area (Å²) in [6.45, 7) is 0. The van der Waals surface area contributed by atoms with E-state index in [4.69, 9.17) is 77.0 Å². The molecule has 18 N–H and O–H groups in total. The van der Waals surface area contributed by atoms with Gasteiger partial charge in [-0.1, -0.05) is 0 Å². The summed E-state index contributed by atoms with van der Waals surface area (Å²) in [4.78, 5) is 86.2. The molecular weight excluding hydrogens is 476 g/mol. The van der Waals surface area contributed by atoms with E-state index < -0.39 is 31.3 Å². The van der Waals surface area contributed by atoms with Gasteiger partial charge >= 0.3 is 77.4 Å². The van der Waals surface area contributed by atoms with Crippen molar-refractivity contribution in [3.8, 4) is 0 Å². The SMILES string of the molecule is O.O.O.O=P(O)(O)O.O=P(O)(O)O.O=P(O)(O)O.O=P(O)(O)O.[H-].[H-].[H-].[H-].[Mg+2].[Mg+2]. The maximum Gasteiger partial charge on any atom is 2.00 e. The van der Waals surface area contributed by atoms with Gasteiger partial charge in [0.2, 0.25) is 0 Å². The van der Waals surface area contributed by atoms with Crippen molar-refractivity contribution in [2.45, 2.75) is 0 Å². The van der Waals surface area contributed by atoms with Gasteiger partial charge in [-0.25, -0.2) is 18.3 Å². The number of phosphoric acid groups is 4. The van der Waals surface area contributed by atoms with Crippen LogP contribution in [0.1, 0.15) is 5.71 Å². The van der Waals surface area contributed by atoms with Crippen molar-refractivity contribution < 1.29 is 99.1 Å². The van der Waals surface area contributed by atoms with Crippen LogP contribution in [0.15, 0.2) is 0 Å². The van der Waals surface area contributed by atoms with E-state index in [2.05, 4.69) is 0 Å². The second-order valence-electron chi connectivity index (χ2n) is 2.05. The molecule has 0 aliphatic carbocycles. The Morgan fingerprint density at radius 1 is 0.360 bits per heavy atom. The van der Waals surface area contributed by atoms with Gasteiger partial charge in [0.15, 0.2) is 0 Å². The van der Waals surface area contributed by atoms with Crippen molar-refractivity contribution >= 4 is 77.4 Å². The molecule has 0 aliphatic rings. The Morgan fingerprint density at radius 3 is 0.360 bits per heavy atom. The maximum atomic E-state index is 8.88. The van der Waals surface area contributed by atoms with E-state index >= 15 is 0 Å². The first kappa shape index (κ1) is 56.3. The van der Waals surface area contributed by atoms with Gasteiger partial charge in [0.05, 0.1) is 0 Å². The summed E-state index contributed by atoms with van der Waals surface area (Å²) in [7, 11) is -18.6. The number of rotatable bonds is 0. The second-order valence-corrected chi connectivity index (χ2v) is 6.16. The fourth-order valence-corrected chi connectivity index (χ4v) is 0. The van der Waals surface area contributed by atoms with Gasteiger partial charge in [0.1, 0.15) is 0 Å². The van der Waals surface area contributed by atoms with E-state index in [1.54, 1.807) is 0 Å². The van der Waals surface area contributed by atoms with Crippen LogP contribution in [0, 0.1) is 0 Å². The van der Waals surface area contributed by atoms with Crippen LogP contribution in [-0.2, 0) is 18.3 Å². The van der Waals surface area contributed by atoms with Crippen molar-refractivity contribution in [1.29, 1.82) is 0 Å². The van der Waals surface area contributed by atoms with Crippen LogP contribution < -0.4 is 0 Å². The van der Waals surface area contributed by atoms with Crippen LogP contribution in [0.25, 0.3) is 0 Å². The summed E-state index contributed by atoms with van der Waals surface area (Å²) in [5.74, 6) is 0. The zero-order valence-corrected chi connectivity index (χ0v) is 18.1. The van der Waals surface area contributed by atoms with Crippen LogP contribution >= 0.6 is 31.3 Å². The third-order valence-corrected chi connectivity index (χ3v) is 0. The molecule has 0 bridgehead atoms. The Morgan fingerprint density at radius 2 is 0.360 bits per heavy atom. The summed E-state index contributed by atoms with van der Waals surface area (Å²) in [6, 6.07) is 0. The van der Waals surface area contributed by atoms with Crippen LogP contribution in [0.3, 0.4) is 0 Å². The quantitative estimate of drug-likeness (QED) is 0.109. The molecule has 0 aromatic heterocycles. The topological polar surface area (TPSA) is 406 Å². The van der Waals surface area contributed by atoms with E-state index in [9.17, 15) is 0 Å². The molecule has 25 heteroatoms. The minimum atomic E-state index is -4.64. The van der Waals surface area contributed by atoms with Crippen LogP contribution in [-0.4, -0.2) is 121 Å².